The van der Waals surface area contributed by atoms with E-state index in [-0.39, 0.29) is 0 Å². The van der Waals surface area contributed by atoms with E-state index in [1.807, 2.05) is 18.2 Å². The number of nitrogens with one attached hydrogen (secondary N) is 1. The zero-order valence-corrected chi connectivity index (χ0v) is 11.8. The second-order valence-electron chi connectivity index (χ2n) is 4.80. The van der Waals surface area contributed by atoms with Gasteiger partial charge in [-0.05, 0) is 52.7 Å². The summed E-state index contributed by atoms with van der Waals surface area (Å²) in [6.07, 6.45) is 3.83. The molecule has 0 atom stereocenters. The van der Waals surface area contributed by atoms with Crippen LogP contribution >= 0.6 is 15.9 Å². The summed E-state index contributed by atoms with van der Waals surface area (Å²) in [5, 5.41) is 3.50. The Hall–Kier alpha value is -0.450. The number of nitrogens with zero attached hydrogens (tertiary/aromatic N) is 1. The van der Waals surface area contributed by atoms with E-state index in [4.69, 9.17) is 4.74 Å². The summed E-state index contributed by atoms with van der Waals surface area (Å²) in [6, 6.07) is 6.02. The fraction of sp³-hybridized carbons (Fsp3) is 0.615. The first-order valence-electron chi connectivity index (χ1n) is 6.05. The van der Waals surface area contributed by atoms with Crippen molar-refractivity contribution in [1.29, 1.82) is 0 Å². The van der Waals surface area contributed by atoms with Crippen LogP contribution in [0.3, 0.4) is 0 Å². The maximum atomic E-state index is 5.15. The van der Waals surface area contributed by atoms with Gasteiger partial charge in [0.25, 0.3) is 0 Å². The van der Waals surface area contributed by atoms with Crippen LogP contribution in [-0.2, 0) is 11.3 Å². The van der Waals surface area contributed by atoms with E-state index in [1.54, 1.807) is 7.11 Å². The molecule has 17 heavy (non-hydrogen) atoms. The second kappa shape index (κ2) is 5.94. The van der Waals surface area contributed by atoms with Gasteiger partial charge >= 0.3 is 0 Å². The largest absolute Gasteiger partial charge is 0.385 e. The Labute approximate surface area is 111 Å². The van der Waals surface area contributed by atoms with E-state index in [0.717, 1.165) is 30.0 Å². The zero-order chi connectivity index (χ0) is 12.1. The summed E-state index contributed by atoms with van der Waals surface area (Å²) in [5.41, 5.74) is 1.59. The normalized spacial score (nSPS) is 17.1. The molecule has 1 N–H and O–H groups in total. The van der Waals surface area contributed by atoms with Crippen molar-refractivity contribution in [2.24, 2.45) is 5.41 Å². The molecule has 1 heterocycles. The standard InChI is InChI=1S/C13H19BrN2O/c1-17-8-7-13(5-6-13)10-15-9-11-3-2-4-12(14)16-11/h2-4,15H,5-10H2,1H3. The van der Waals surface area contributed by atoms with Crippen LogP contribution in [-0.4, -0.2) is 25.2 Å². The molecule has 1 saturated carbocycles. The molecule has 0 radical (unpaired) electrons. The van der Waals surface area contributed by atoms with Crippen molar-refractivity contribution < 1.29 is 4.74 Å². The van der Waals surface area contributed by atoms with Crippen molar-refractivity contribution in [2.75, 3.05) is 20.3 Å². The highest BCUT2D eigenvalue weighted by atomic mass is 79.9. The lowest BCUT2D eigenvalue weighted by molar-refractivity contribution is 0.171. The van der Waals surface area contributed by atoms with Gasteiger partial charge in [-0.2, -0.15) is 0 Å². The average Bonchev–Trinajstić information content (AvgIpc) is 3.07. The fourth-order valence-electron chi connectivity index (χ4n) is 2.02. The van der Waals surface area contributed by atoms with E-state index in [1.165, 1.54) is 19.3 Å². The topological polar surface area (TPSA) is 34.1 Å². The number of methoxy groups -OCH3 is 1. The van der Waals surface area contributed by atoms with Crippen LogP contribution in [0.4, 0.5) is 0 Å². The number of pyridine rings is 1. The van der Waals surface area contributed by atoms with Crippen molar-refractivity contribution in [3.8, 4) is 0 Å². The molecular weight excluding hydrogens is 280 g/mol. The number of hydrogen-bond donors (Lipinski definition) is 1. The van der Waals surface area contributed by atoms with Crippen molar-refractivity contribution in [2.45, 2.75) is 25.8 Å². The Morgan fingerprint density at radius 2 is 2.29 bits per heavy atom. The fourth-order valence-corrected chi connectivity index (χ4v) is 2.40. The van der Waals surface area contributed by atoms with Gasteiger partial charge in [-0.25, -0.2) is 4.98 Å². The maximum absolute atomic E-state index is 5.15. The predicted molar refractivity (Wildman–Crippen MR) is 71.8 cm³/mol. The van der Waals surface area contributed by atoms with E-state index in [2.05, 4.69) is 26.2 Å². The molecule has 0 aliphatic heterocycles. The molecule has 0 saturated heterocycles. The highest BCUT2D eigenvalue weighted by molar-refractivity contribution is 9.10. The quantitative estimate of drug-likeness (QED) is 0.786. The van der Waals surface area contributed by atoms with Crippen LogP contribution in [0.1, 0.15) is 25.0 Å². The highest BCUT2D eigenvalue weighted by Crippen LogP contribution is 2.48. The lowest BCUT2D eigenvalue weighted by atomic mass is 10.0. The van der Waals surface area contributed by atoms with Crippen LogP contribution in [0.15, 0.2) is 22.8 Å². The number of halogens is 1. The summed E-state index contributed by atoms with van der Waals surface area (Å²) in [5.74, 6) is 0. The Morgan fingerprint density at radius 3 is 2.94 bits per heavy atom. The first-order valence-corrected chi connectivity index (χ1v) is 6.85. The lowest BCUT2D eigenvalue weighted by Gasteiger charge is -2.15. The van der Waals surface area contributed by atoms with Crippen molar-refractivity contribution in [1.82, 2.24) is 10.3 Å². The van der Waals surface area contributed by atoms with Gasteiger partial charge in [0.15, 0.2) is 0 Å². The Bertz CT molecular complexity index is 366. The van der Waals surface area contributed by atoms with Gasteiger partial charge in [0, 0.05) is 26.8 Å². The molecule has 0 bridgehead atoms. The summed E-state index contributed by atoms with van der Waals surface area (Å²) in [6.45, 7) is 2.79. The monoisotopic (exact) mass is 298 g/mol. The zero-order valence-electron chi connectivity index (χ0n) is 10.2. The third-order valence-corrected chi connectivity index (χ3v) is 3.81. The van der Waals surface area contributed by atoms with Crippen molar-refractivity contribution >= 4 is 15.9 Å². The molecule has 0 unspecified atom stereocenters. The second-order valence-corrected chi connectivity index (χ2v) is 5.61. The van der Waals surface area contributed by atoms with Gasteiger partial charge in [-0.3, -0.25) is 0 Å². The highest BCUT2D eigenvalue weighted by Gasteiger charge is 2.41. The minimum atomic E-state index is 0.502. The first kappa shape index (κ1) is 13.0. The third kappa shape index (κ3) is 4.05. The van der Waals surface area contributed by atoms with Gasteiger partial charge < -0.3 is 10.1 Å². The summed E-state index contributed by atoms with van der Waals surface area (Å²) in [4.78, 5) is 4.40. The molecule has 4 heteroatoms. The number of hydrogen-bond acceptors (Lipinski definition) is 3. The molecule has 2 rings (SSSR count). The smallest absolute Gasteiger partial charge is 0.106 e. The predicted octanol–water partition coefficient (Wildman–Crippen LogP) is 2.75. The molecule has 0 spiro atoms. The minimum absolute atomic E-state index is 0.502. The molecule has 94 valence electrons. The Balaban J connectivity index is 1.72. The van der Waals surface area contributed by atoms with E-state index < -0.39 is 0 Å². The molecule has 3 nitrogen and oxygen atoms in total. The van der Waals surface area contributed by atoms with Crippen LogP contribution in [0.25, 0.3) is 0 Å². The van der Waals surface area contributed by atoms with Crippen molar-refractivity contribution in [3.63, 3.8) is 0 Å². The Kier molecular flexibility index (Phi) is 4.54. The molecule has 1 aromatic heterocycles. The van der Waals surface area contributed by atoms with Gasteiger partial charge in [0.1, 0.15) is 4.60 Å². The molecule has 1 fully saturated rings. The number of ether oxygens (including phenoxy) is 1. The molecule has 0 aromatic carbocycles. The summed E-state index contributed by atoms with van der Waals surface area (Å²) < 4.78 is 6.05. The SMILES string of the molecule is COCCC1(CNCc2cccc(Br)n2)CC1. The van der Waals surface area contributed by atoms with E-state index in [0.29, 0.717) is 5.41 Å². The van der Waals surface area contributed by atoms with Crippen LogP contribution in [0.5, 0.6) is 0 Å². The summed E-state index contributed by atoms with van der Waals surface area (Å²) >= 11 is 3.38. The Morgan fingerprint density at radius 1 is 1.47 bits per heavy atom. The lowest BCUT2D eigenvalue weighted by Crippen LogP contribution is -2.25. The molecule has 1 aliphatic carbocycles. The third-order valence-electron chi connectivity index (χ3n) is 3.37. The minimum Gasteiger partial charge on any atom is -0.385 e. The average molecular weight is 299 g/mol. The molecular formula is C13H19BrN2O. The number of rotatable bonds is 7. The molecule has 1 aliphatic rings. The van der Waals surface area contributed by atoms with Gasteiger partial charge in [-0.15, -0.1) is 0 Å². The van der Waals surface area contributed by atoms with Gasteiger partial charge in [0.05, 0.1) is 5.69 Å². The number of aromatic nitrogens is 1. The van der Waals surface area contributed by atoms with E-state index in [9.17, 15) is 0 Å². The van der Waals surface area contributed by atoms with Crippen LogP contribution in [0, 0.1) is 5.41 Å². The van der Waals surface area contributed by atoms with Crippen LogP contribution in [0.2, 0.25) is 0 Å². The van der Waals surface area contributed by atoms with Crippen molar-refractivity contribution in [3.05, 3.63) is 28.5 Å². The van der Waals surface area contributed by atoms with E-state index >= 15 is 0 Å². The van der Waals surface area contributed by atoms with Gasteiger partial charge in [0.2, 0.25) is 0 Å². The maximum Gasteiger partial charge on any atom is 0.106 e. The van der Waals surface area contributed by atoms with Crippen LogP contribution < -0.4 is 5.32 Å². The molecule has 1 aromatic rings. The first-order chi connectivity index (χ1) is 8.24. The van der Waals surface area contributed by atoms with Gasteiger partial charge in [-0.1, -0.05) is 6.07 Å². The molecule has 0 amide bonds. The summed E-state index contributed by atoms with van der Waals surface area (Å²) in [7, 11) is 1.77.